The summed E-state index contributed by atoms with van der Waals surface area (Å²) < 4.78 is 0. The third-order valence-electron chi connectivity index (χ3n) is 2.94. The first-order valence-electron chi connectivity index (χ1n) is 6.16. The molecule has 1 heterocycles. The van der Waals surface area contributed by atoms with Gasteiger partial charge in [0.1, 0.15) is 0 Å². The summed E-state index contributed by atoms with van der Waals surface area (Å²) in [5, 5.41) is 12.9. The van der Waals surface area contributed by atoms with Crippen LogP contribution in [0.25, 0.3) is 0 Å². The quantitative estimate of drug-likeness (QED) is 0.849. The minimum absolute atomic E-state index is 0.0485. The summed E-state index contributed by atoms with van der Waals surface area (Å²) in [5.41, 5.74) is 2.93. The highest BCUT2D eigenvalue weighted by molar-refractivity contribution is 7.98. The average Bonchev–Trinajstić information content (AvgIpc) is 2.49. The Balaban J connectivity index is 2.18. The zero-order valence-electron chi connectivity index (χ0n) is 11.4. The van der Waals surface area contributed by atoms with E-state index in [1.807, 2.05) is 31.4 Å². The molecular formula is C15H16N2O2S. The van der Waals surface area contributed by atoms with Crippen molar-refractivity contribution < 1.29 is 9.90 Å². The predicted molar refractivity (Wildman–Crippen MR) is 81.1 cm³/mol. The minimum Gasteiger partial charge on any atom is -0.392 e. The second-order valence-corrected chi connectivity index (χ2v) is 5.18. The molecule has 0 aliphatic rings. The molecule has 5 heteroatoms. The lowest BCUT2D eigenvalue weighted by atomic mass is 10.1. The highest BCUT2D eigenvalue weighted by atomic mass is 32.2. The van der Waals surface area contributed by atoms with E-state index in [0.717, 1.165) is 16.2 Å². The molecule has 0 fully saturated rings. The molecule has 0 aliphatic heterocycles. The van der Waals surface area contributed by atoms with Crippen LogP contribution in [0, 0.1) is 6.92 Å². The van der Waals surface area contributed by atoms with Gasteiger partial charge in [-0.2, -0.15) is 0 Å². The Bertz CT molecular complexity index is 612. The largest absolute Gasteiger partial charge is 0.392 e. The van der Waals surface area contributed by atoms with Gasteiger partial charge in [0.05, 0.1) is 17.2 Å². The van der Waals surface area contributed by atoms with Crippen molar-refractivity contribution >= 4 is 23.4 Å². The monoisotopic (exact) mass is 288 g/mol. The van der Waals surface area contributed by atoms with E-state index in [-0.39, 0.29) is 12.5 Å². The summed E-state index contributed by atoms with van der Waals surface area (Å²) >= 11 is 1.53. The standard InChI is InChI=1S/C15H16N2O2S/c1-10-3-4-11(9-18)7-13(10)17-15(19)12-5-6-14(20-2)16-8-12/h3-8,18H,9H2,1-2H3,(H,17,19). The van der Waals surface area contributed by atoms with Crippen molar-refractivity contribution in [3.63, 3.8) is 0 Å². The van der Waals surface area contributed by atoms with Crippen LogP contribution in [0.5, 0.6) is 0 Å². The lowest BCUT2D eigenvalue weighted by Gasteiger charge is -2.10. The highest BCUT2D eigenvalue weighted by Gasteiger charge is 2.09. The van der Waals surface area contributed by atoms with E-state index < -0.39 is 0 Å². The Hall–Kier alpha value is -1.85. The number of aliphatic hydroxyl groups excluding tert-OH is 1. The molecule has 0 aliphatic carbocycles. The van der Waals surface area contributed by atoms with Gasteiger partial charge in [-0.05, 0) is 42.5 Å². The lowest BCUT2D eigenvalue weighted by Crippen LogP contribution is -2.13. The fourth-order valence-corrected chi connectivity index (χ4v) is 2.09. The molecule has 0 radical (unpaired) electrons. The van der Waals surface area contributed by atoms with Crippen molar-refractivity contribution in [3.05, 3.63) is 53.2 Å². The number of rotatable bonds is 4. The van der Waals surface area contributed by atoms with Crippen LogP contribution < -0.4 is 5.32 Å². The van der Waals surface area contributed by atoms with Gasteiger partial charge < -0.3 is 10.4 Å². The molecule has 0 saturated carbocycles. The normalized spacial score (nSPS) is 10.3. The highest BCUT2D eigenvalue weighted by Crippen LogP contribution is 2.18. The number of aryl methyl sites for hydroxylation is 1. The number of pyridine rings is 1. The second kappa shape index (κ2) is 6.54. The SMILES string of the molecule is CSc1ccc(C(=O)Nc2cc(CO)ccc2C)cn1. The van der Waals surface area contributed by atoms with Crippen LogP contribution in [-0.4, -0.2) is 22.3 Å². The Morgan fingerprint density at radius 3 is 2.75 bits per heavy atom. The number of nitrogens with zero attached hydrogens (tertiary/aromatic N) is 1. The number of aromatic nitrogens is 1. The summed E-state index contributed by atoms with van der Waals surface area (Å²) in [5.74, 6) is -0.205. The lowest BCUT2D eigenvalue weighted by molar-refractivity contribution is 0.102. The fourth-order valence-electron chi connectivity index (χ4n) is 1.73. The van der Waals surface area contributed by atoms with Crippen LogP contribution >= 0.6 is 11.8 Å². The van der Waals surface area contributed by atoms with Gasteiger partial charge in [-0.1, -0.05) is 12.1 Å². The molecule has 0 unspecified atom stereocenters. The van der Waals surface area contributed by atoms with Crippen LogP contribution in [0.2, 0.25) is 0 Å². The van der Waals surface area contributed by atoms with E-state index in [1.165, 1.54) is 11.8 Å². The second-order valence-electron chi connectivity index (χ2n) is 4.35. The van der Waals surface area contributed by atoms with E-state index in [2.05, 4.69) is 10.3 Å². The minimum atomic E-state index is -0.205. The molecule has 4 nitrogen and oxygen atoms in total. The van der Waals surface area contributed by atoms with Gasteiger partial charge in [0, 0.05) is 11.9 Å². The van der Waals surface area contributed by atoms with Crippen molar-refractivity contribution in [2.45, 2.75) is 18.6 Å². The van der Waals surface area contributed by atoms with Gasteiger partial charge in [0.25, 0.3) is 5.91 Å². The Kier molecular flexibility index (Phi) is 4.76. The molecular weight excluding hydrogens is 272 g/mol. The third kappa shape index (κ3) is 3.37. The van der Waals surface area contributed by atoms with Gasteiger partial charge in [0.15, 0.2) is 0 Å². The molecule has 2 aromatic rings. The number of hydrogen-bond donors (Lipinski definition) is 2. The number of hydrogen-bond acceptors (Lipinski definition) is 4. The van der Waals surface area contributed by atoms with Crippen LogP contribution in [0.1, 0.15) is 21.5 Å². The maximum Gasteiger partial charge on any atom is 0.257 e. The molecule has 1 amide bonds. The molecule has 20 heavy (non-hydrogen) atoms. The molecule has 1 aromatic carbocycles. The number of amides is 1. The maximum absolute atomic E-state index is 12.1. The van der Waals surface area contributed by atoms with Crippen LogP contribution in [0.4, 0.5) is 5.69 Å². The fraction of sp³-hybridized carbons (Fsp3) is 0.200. The van der Waals surface area contributed by atoms with Crippen molar-refractivity contribution in [2.24, 2.45) is 0 Å². The number of aliphatic hydroxyl groups is 1. The van der Waals surface area contributed by atoms with E-state index in [0.29, 0.717) is 11.3 Å². The number of nitrogens with one attached hydrogen (secondary N) is 1. The van der Waals surface area contributed by atoms with E-state index in [4.69, 9.17) is 5.11 Å². The van der Waals surface area contributed by atoms with Gasteiger partial charge in [-0.3, -0.25) is 4.79 Å². The topological polar surface area (TPSA) is 62.2 Å². The van der Waals surface area contributed by atoms with Crippen molar-refractivity contribution in [1.82, 2.24) is 4.98 Å². The number of carbonyl (C=O) groups excluding carboxylic acids is 1. The summed E-state index contributed by atoms with van der Waals surface area (Å²) in [6.45, 7) is 1.86. The number of carbonyl (C=O) groups is 1. The smallest absolute Gasteiger partial charge is 0.257 e. The van der Waals surface area contributed by atoms with Crippen molar-refractivity contribution in [3.8, 4) is 0 Å². The van der Waals surface area contributed by atoms with Crippen LogP contribution in [-0.2, 0) is 6.61 Å². The molecule has 0 saturated heterocycles. The Labute approximate surface area is 122 Å². The summed E-state index contributed by atoms with van der Waals surface area (Å²) in [6, 6.07) is 9.04. The van der Waals surface area contributed by atoms with Crippen molar-refractivity contribution in [2.75, 3.05) is 11.6 Å². The molecule has 1 aromatic heterocycles. The first-order chi connectivity index (χ1) is 9.63. The third-order valence-corrected chi connectivity index (χ3v) is 3.60. The zero-order chi connectivity index (χ0) is 14.5. The van der Waals surface area contributed by atoms with Gasteiger partial charge in [-0.25, -0.2) is 4.98 Å². The van der Waals surface area contributed by atoms with Gasteiger partial charge in [0.2, 0.25) is 0 Å². The molecule has 2 N–H and O–H groups in total. The Morgan fingerprint density at radius 2 is 2.15 bits per heavy atom. The molecule has 0 bridgehead atoms. The first kappa shape index (κ1) is 14.6. The van der Waals surface area contributed by atoms with E-state index >= 15 is 0 Å². The summed E-state index contributed by atoms with van der Waals surface area (Å²) in [6.07, 6.45) is 3.50. The predicted octanol–water partition coefficient (Wildman–Crippen LogP) is 2.86. The average molecular weight is 288 g/mol. The van der Waals surface area contributed by atoms with Crippen molar-refractivity contribution in [1.29, 1.82) is 0 Å². The zero-order valence-corrected chi connectivity index (χ0v) is 12.2. The number of benzene rings is 1. The number of thioether (sulfide) groups is 1. The first-order valence-corrected chi connectivity index (χ1v) is 7.38. The summed E-state index contributed by atoms with van der Waals surface area (Å²) in [7, 11) is 0. The molecule has 0 spiro atoms. The summed E-state index contributed by atoms with van der Waals surface area (Å²) in [4.78, 5) is 16.3. The molecule has 104 valence electrons. The van der Waals surface area contributed by atoms with Gasteiger partial charge >= 0.3 is 0 Å². The number of anilines is 1. The van der Waals surface area contributed by atoms with Crippen LogP contribution in [0.15, 0.2) is 41.6 Å². The van der Waals surface area contributed by atoms with Crippen LogP contribution in [0.3, 0.4) is 0 Å². The maximum atomic E-state index is 12.1. The Morgan fingerprint density at radius 1 is 1.35 bits per heavy atom. The van der Waals surface area contributed by atoms with E-state index in [1.54, 1.807) is 18.3 Å². The van der Waals surface area contributed by atoms with E-state index in [9.17, 15) is 4.79 Å². The molecule has 2 rings (SSSR count). The van der Waals surface area contributed by atoms with Gasteiger partial charge in [-0.15, -0.1) is 11.8 Å². The molecule has 0 atom stereocenters.